The van der Waals surface area contributed by atoms with Gasteiger partial charge in [0.25, 0.3) is 0 Å². The van der Waals surface area contributed by atoms with Gasteiger partial charge < -0.3 is 16.0 Å². The minimum atomic E-state index is 0.0772. The van der Waals surface area contributed by atoms with Crippen LogP contribution >= 0.6 is 0 Å². The highest BCUT2D eigenvalue weighted by Crippen LogP contribution is 1.86. The predicted molar refractivity (Wildman–Crippen MR) is 77.9 cm³/mol. The number of hydrogen-bond acceptors (Lipinski definition) is 3. The summed E-state index contributed by atoms with van der Waals surface area (Å²) in [6.07, 6.45) is 5.17. The van der Waals surface area contributed by atoms with Gasteiger partial charge in [0.2, 0.25) is 11.8 Å². The Morgan fingerprint density at radius 3 is 1.53 bits per heavy atom. The van der Waals surface area contributed by atoms with Crippen LogP contribution in [0.4, 0.5) is 0 Å². The van der Waals surface area contributed by atoms with Crippen LogP contribution in [0.5, 0.6) is 0 Å². The predicted octanol–water partition coefficient (Wildman–Crippen LogP) is 1.19. The van der Waals surface area contributed by atoms with Gasteiger partial charge in [0.05, 0.1) is 0 Å². The summed E-state index contributed by atoms with van der Waals surface area (Å²) < 4.78 is 0. The van der Waals surface area contributed by atoms with Crippen LogP contribution in [0, 0.1) is 0 Å². The average molecular weight is 271 g/mol. The van der Waals surface area contributed by atoms with Crippen LogP contribution in [0.2, 0.25) is 0 Å². The van der Waals surface area contributed by atoms with E-state index in [1.165, 1.54) is 0 Å². The van der Waals surface area contributed by atoms with Gasteiger partial charge in [-0.2, -0.15) is 0 Å². The fourth-order valence-electron chi connectivity index (χ4n) is 1.51. The van der Waals surface area contributed by atoms with E-state index in [9.17, 15) is 9.59 Å². The Hall–Kier alpha value is -1.10. The third-order valence-electron chi connectivity index (χ3n) is 2.76. The Morgan fingerprint density at radius 1 is 0.737 bits per heavy atom. The van der Waals surface area contributed by atoms with E-state index < -0.39 is 0 Å². The molecule has 0 atom stereocenters. The van der Waals surface area contributed by atoms with Crippen molar-refractivity contribution in [3.8, 4) is 0 Å². The number of carbonyl (C=O) groups excluding carboxylic acids is 2. The molecule has 0 saturated heterocycles. The van der Waals surface area contributed by atoms with Crippen molar-refractivity contribution in [2.24, 2.45) is 0 Å². The van der Waals surface area contributed by atoms with Gasteiger partial charge in [0, 0.05) is 39.0 Å². The second-order valence-electron chi connectivity index (χ2n) is 4.66. The van der Waals surface area contributed by atoms with Crippen LogP contribution in [0.25, 0.3) is 0 Å². The molecular weight excluding hydrogens is 242 g/mol. The van der Waals surface area contributed by atoms with Crippen molar-refractivity contribution in [1.82, 2.24) is 16.0 Å². The lowest BCUT2D eigenvalue weighted by atomic mass is 10.3. The minimum absolute atomic E-state index is 0.0772. The van der Waals surface area contributed by atoms with Gasteiger partial charge in [0.15, 0.2) is 0 Å². The lowest BCUT2D eigenvalue weighted by Gasteiger charge is -2.06. The van der Waals surface area contributed by atoms with Crippen LogP contribution in [0.15, 0.2) is 0 Å². The molecule has 0 aromatic carbocycles. The van der Waals surface area contributed by atoms with Crippen molar-refractivity contribution < 1.29 is 9.59 Å². The number of amides is 2. The van der Waals surface area contributed by atoms with Crippen molar-refractivity contribution in [3.05, 3.63) is 0 Å². The van der Waals surface area contributed by atoms with Gasteiger partial charge in [-0.15, -0.1) is 0 Å². The summed E-state index contributed by atoms with van der Waals surface area (Å²) >= 11 is 0. The van der Waals surface area contributed by atoms with E-state index >= 15 is 0 Å². The number of carbonyl (C=O) groups is 2. The number of hydrogen-bond donors (Lipinski definition) is 3. The maximum atomic E-state index is 11.4. The van der Waals surface area contributed by atoms with E-state index in [1.54, 1.807) is 0 Å². The van der Waals surface area contributed by atoms with Crippen LogP contribution in [0.1, 0.15) is 52.4 Å². The summed E-state index contributed by atoms with van der Waals surface area (Å²) in [5, 5.41) is 8.83. The Kier molecular flexibility index (Phi) is 12.6. The highest BCUT2D eigenvalue weighted by Gasteiger charge is 2.01. The fraction of sp³-hybridized carbons (Fsp3) is 0.857. The molecule has 0 aromatic heterocycles. The van der Waals surface area contributed by atoms with E-state index in [2.05, 4.69) is 29.8 Å². The molecule has 19 heavy (non-hydrogen) atoms. The largest absolute Gasteiger partial charge is 0.356 e. The SMILES string of the molecule is CCCCNC(=O)CCNCCC(=O)NCCCC. The lowest BCUT2D eigenvalue weighted by molar-refractivity contribution is -0.121. The topological polar surface area (TPSA) is 70.2 Å². The molecule has 0 fully saturated rings. The Morgan fingerprint density at radius 2 is 1.16 bits per heavy atom. The third-order valence-corrected chi connectivity index (χ3v) is 2.76. The highest BCUT2D eigenvalue weighted by atomic mass is 16.2. The first-order valence-corrected chi connectivity index (χ1v) is 7.44. The van der Waals surface area contributed by atoms with Crippen molar-refractivity contribution in [2.45, 2.75) is 52.4 Å². The van der Waals surface area contributed by atoms with Crippen LogP contribution in [-0.2, 0) is 9.59 Å². The highest BCUT2D eigenvalue weighted by molar-refractivity contribution is 5.76. The molecule has 0 spiro atoms. The first kappa shape index (κ1) is 17.9. The quantitative estimate of drug-likeness (QED) is 0.467. The zero-order valence-corrected chi connectivity index (χ0v) is 12.4. The van der Waals surface area contributed by atoms with Gasteiger partial charge in [-0.25, -0.2) is 0 Å². The average Bonchev–Trinajstić information content (AvgIpc) is 2.39. The first-order valence-electron chi connectivity index (χ1n) is 7.44. The van der Waals surface area contributed by atoms with Gasteiger partial charge >= 0.3 is 0 Å². The summed E-state index contributed by atoms with van der Waals surface area (Å²) in [5.41, 5.74) is 0. The first-order chi connectivity index (χ1) is 9.20. The zero-order chi connectivity index (χ0) is 14.3. The summed E-state index contributed by atoms with van der Waals surface area (Å²) in [6.45, 7) is 6.96. The number of rotatable bonds is 12. The Bertz CT molecular complexity index is 221. The van der Waals surface area contributed by atoms with Crippen LogP contribution in [0.3, 0.4) is 0 Å². The van der Waals surface area contributed by atoms with Crippen molar-refractivity contribution in [3.63, 3.8) is 0 Å². The summed E-state index contributed by atoms with van der Waals surface area (Å²) in [7, 11) is 0. The van der Waals surface area contributed by atoms with Crippen molar-refractivity contribution in [2.75, 3.05) is 26.2 Å². The molecular formula is C14H29N3O2. The molecule has 0 rings (SSSR count). The molecule has 0 radical (unpaired) electrons. The Labute approximate surface area is 116 Å². The maximum Gasteiger partial charge on any atom is 0.221 e. The number of unbranched alkanes of at least 4 members (excludes halogenated alkanes) is 2. The van der Waals surface area contributed by atoms with Crippen molar-refractivity contribution in [1.29, 1.82) is 0 Å². The van der Waals surface area contributed by atoms with Gasteiger partial charge in [-0.05, 0) is 12.8 Å². The summed E-state index contributed by atoms with van der Waals surface area (Å²) in [4.78, 5) is 22.7. The molecule has 0 bridgehead atoms. The molecule has 0 saturated carbocycles. The zero-order valence-electron chi connectivity index (χ0n) is 12.4. The molecule has 5 nitrogen and oxygen atoms in total. The lowest BCUT2D eigenvalue weighted by Crippen LogP contribution is -2.31. The molecule has 0 aliphatic rings. The molecule has 5 heteroatoms. The van der Waals surface area contributed by atoms with E-state index in [1.807, 2.05) is 0 Å². The second kappa shape index (κ2) is 13.3. The van der Waals surface area contributed by atoms with Crippen molar-refractivity contribution >= 4 is 11.8 Å². The second-order valence-corrected chi connectivity index (χ2v) is 4.66. The summed E-state index contributed by atoms with van der Waals surface area (Å²) in [5.74, 6) is 0.154. The normalized spacial score (nSPS) is 10.2. The minimum Gasteiger partial charge on any atom is -0.356 e. The summed E-state index contributed by atoms with van der Waals surface area (Å²) in [6, 6.07) is 0. The van der Waals surface area contributed by atoms with E-state index in [-0.39, 0.29) is 11.8 Å². The fourth-order valence-corrected chi connectivity index (χ4v) is 1.51. The molecule has 0 aliphatic heterocycles. The smallest absolute Gasteiger partial charge is 0.221 e. The molecule has 0 aromatic rings. The van der Waals surface area contributed by atoms with Crippen LogP contribution in [-0.4, -0.2) is 38.0 Å². The van der Waals surface area contributed by atoms with E-state index in [0.29, 0.717) is 25.9 Å². The molecule has 0 heterocycles. The van der Waals surface area contributed by atoms with Crippen LogP contribution < -0.4 is 16.0 Å². The van der Waals surface area contributed by atoms with E-state index in [4.69, 9.17) is 0 Å². The molecule has 0 aliphatic carbocycles. The third kappa shape index (κ3) is 13.1. The Balaban J connectivity index is 3.29. The monoisotopic (exact) mass is 271 g/mol. The van der Waals surface area contributed by atoms with Gasteiger partial charge in [-0.1, -0.05) is 26.7 Å². The van der Waals surface area contributed by atoms with E-state index in [0.717, 1.165) is 38.8 Å². The molecule has 2 amide bonds. The number of nitrogens with one attached hydrogen (secondary N) is 3. The molecule has 0 unspecified atom stereocenters. The standard InChI is InChI=1S/C14H29N3O2/c1-3-5-9-16-13(18)7-11-15-12-8-14(19)17-10-6-4-2/h15H,3-12H2,1-2H3,(H,16,18)(H,17,19). The van der Waals surface area contributed by atoms with Gasteiger partial charge in [0.1, 0.15) is 0 Å². The molecule has 3 N–H and O–H groups in total. The maximum absolute atomic E-state index is 11.4. The molecule has 112 valence electrons. The van der Waals surface area contributed by atoms with Gasteiger partial charge in [-0.3, -0.25) is 9.59 Å².